The predicted octanol–water partition coefficient (Wildman–Crippen LogP) is 1.88. The van der Waals surface area contributed by atoms with Crippen molar-refractivity contribution in [1.82, 2.24) is 10.2 Å². The van der Waals surface area contributed by atoms with E-state index in [0.717, 1.165) is 30.9 Å². The summed E-state index contributed by atoms with van der Waals surface area (Å²) in [5, 5.41) is 2.93. The molecule has 4 nitrogen and oxygen atoms in total. The van der Waals surface area contributed by atoms with E-state index in [0.29, 0.717) is 6.54 Å². The molecule has 1 atom stereocenters. The number of nitrogens with zero attached hydrogens (tertiary/aromatic N) is 1. The largest absolute Gasteiger partial charge is 0.351 e. The summed E-state index contributed by atoms with van der Waals surface area (Å²) in [5.74, 6) is 0.793. The van der Waals surface area contributed by atoms with E-state index in [-0.39, 0.29) is 11.9 Å². The lowest BCUT2D eigenvalue weighted by atomic mass is 10.1. The molecule has 1 aliphatic rings. The minimum atomic E-state index is -0.362. The second-order valence-electron chi connectivity index (χ2n) is 6.40. The molecule has 0 bridgehead atoms. The zero-order valence-electron chi connectivity index (χ0n) is 13.1. The van der Waals surface area contributed by atoms with Gasteiger partial charge in [-0.15, -0.1) is 0 Å². The molecular weight excluding hydrogens is 262 g/mol. The quantitative estimate of drug-likeness (QED) is 0.768. The van der Waals surface area contributed by atoms with Gasteiger partial charge in [0, 0.05) is 13.1 Å². The van der Waals surface area contributed by atoms with Crippen LogP contribution in [0.15, 0.2) is 24.3 Å². The third-order valence-electron chi connectivity index (χ3n) is 3.91. The van der Waals surface area contributed by atoms with Crippen LogP contribution in [0.4, 0.5) is 0 Å². The minimum Gasteiger partial charge on any atom is -0.351 e. The van der Waals surface area contributed by atoms with E-state index < -0.39 is 0 Å². The van der Waals surface area contributed by atoms with Crippen molar-refractivity contribution in [2.75, 3.05) is 14.1 Å². The van der Waals surface area contributed by atoms with Crippen molar-refractivity contribution in [2.24, 2.45) is 11.7 Å². The van der Waals surface area contributed by atoms with Crippen LogP contribution in [-0.4, -0.2) is 30.9 Å². The lowest BCUT2D eigenvalue weighted by Gasteiger charge is -2.13. The van der Waals surface area contributed by atoms with E-state index >= 15 is 0 Å². The van der Waals surface area contributed by atoms with Gasteiger partial charge in [-0.2, -0.15) is 0 Å². The molecule has 21 heavy (non-hydrogen) atoms. The highest BCUT2D eigenvalue weighted by Crippen LogP contribution is 2.33. The summed E-state index contributed by atoms with van der Waals surface area (Å²) in [6.07, 6.45) is 4.52. The van der Waals surface area contributed by atoms with Crippen LogP contribution in [0.2, 0.25) is 0 Å². The van der Waals surface area contributed by atoms with Gasteiger partial charge in [0.1, 0.15) is 0 Å². The molecule has 1 aromatic carbocycles. The van der Waals surface area contributed by atoms with Gasteiger partial charge in [-0.1, -0.05) is 37.1 Å². The average molecular weight is 289 g/mol. The number of nitrogens with one attached hydrogen (secondary N) is 1. The van der Waals surface area contributed by atoms with Crippen molar-refractivity contribution < 1.29 is 4.79 Å². The second-order valence-corrected chi connectivity index (χ2v) is 6.40. The van der Waals surface area contributed by atoms with Crippen LogP contribution in [0.25, 0.3) is 0 Å². The van der Waals surface area contributed by atoms with Crippen LogP contribution in [0.5, 0.6) is 0 Å². The maximum absolute atomic E-state index is 11.9. The van der Waals surface area contributed by atoms with Crippen molar-refractivity contribution >= 4 is 5.91 Å². The topological polar surface area (TPSA) is 58.4 Å². The van der Waals surface area contributed by atoms with Crippen molar-refractivity contribution in [2.45, 2.75) is 44.8 Å². The van der Waals surface area contributed by atoms with E-state index in [1.165, 1.54) is 18.4 Å². The van der Waals surface area contributed by atoms with Gasteiger partial charge in [-0.25, -0.2) is 0 Å². The van der Waals surface area contributed by atoms with Crippen LogP contribution in [0.3, 0.4) is 0 Å². The van der Waals surface area contributed by atoms with Gasteiger partial charge in [-0.3, -0.25) is 4.79 Å². The molecule has 0 saturated heterocycles. The molecule has 1 fully saturated rings. The summed E-state index contributed by atoms with van der Waals surface area (Å²) >= 11 is 0. The van der Waals surface area contributed by atoms with Gasteiger partial charge in [-0.05, 0) is 44.0 Å². The predicted molar refractivity (Wildman–Crippen MR) is 85.6 cm³/mol. The van der Waals surface area contributed by atoms with Gasteiger partial charge in [0.05, 0.1) is 6.04 Å². The van der Waals surface area contributed by atoms with Crippen molar-refractivity contribution in [1.29, 1.82) is 0 Å². The molecule has 1 amide bonds. The highest BCUT2D eigenvalue weighted by molar-refractivity contribution is 5.81. The van der Waals surface area contributed by atoms with E-state index in [4.69, 9.17) is 5.73 Å². The summed E-state index contributed by atoms with van der Waals surface area (Å²) in [6, 6.07) is 7.98. The van der Waals surface area contributed by atoms with E-state index in [9.17, 15) is 4.79 Å². The molecule has 1 saturated carbocycles. The Labute approximate surface area is 127 Å². The van der Waals surface area contributed by atoms with Gasteiger partial charge in [0.2, 0.25) is 5.91 Å². The third kappa shape index (κ3) is 5.86. The summed E-state index contributed by atoms with van der Waals surface area (Å²) < 4.78 is 0. The lowest BCUT2D eigenvalue weighted by molar-refractivity contribution is -0.122. The first kappa shape index (κ1) is 16.0. The van der Waals surface area contributed by atoms with Gasteiger partial charge < -0.3 is 16.0 Å². The maximum atomic E-state index is 11.9. The smallest absolute Gasteiger partial charge is 0.237 e. The first-order valence-corrected chi connectivity index (χ1v) is 7.80. The minimum absolute atomic E-state index is 0.0342. The number of nitrogens with two attached hydrogens (primary N) is 1. The molecule has 2 rings (SSSR count). The Hall–Kier alpha value is -1.39. The zero-order valence-corrected chi connectivity index (χ0v) is 13.1. The average Bonchev–Trinajstić information content (AvgIpc) is 3.27. The monoisotopic (exact) mass is 289 g/mol. The molecule has 116 valence electrons. The molecule has 3 N–H and O–H groups in total. The van der Waals surface area contributed by atoms with Crippen LogP contribution < -0.4 is 11.1 Å². The first-order chi connectivity index (χ1) is 10.0. The molecule has 1 aromatic rings. The Bertz CT molecular complexity index is 452. The number of hydrogen-bond acceptors (Lipinski definition) is 3. The Kier molecular flexibility index (Phi) is 5.76. The number of carbonyl (C=O) groups is 1. The standard InChI is InChI=1S/C17H27N3O/c1-20(2)12-15-7-5-14(6-8-15)11-19-17(21)16(18)10-9-13-3-4-13/h5-8,13,16H,3-4,9-12,18H2,1-2H3,(H,19,21)/t16-/m0/s1. The lowest BCUT2D eigenvalue weighted by Crippen LogP contribution is -2.40. The number of rotatable bonds is 8. The highest BCUT2D eigenvalue weighted by atomic mass is 16.2. The SMILES string of the molecule is CN(C)Cc1ccc(CNC(=O)[C@@H](N)CCC2CC2)cc1. The van der Waals surface area contributed by atoms with E-state index in [1.54, 1.807) is 0 Å². The molecule has 0 radical (unpaired) electrons. The number of amides is 1. The summed E-state index contributed by atoms with van der Waals surface area (Å²) in [7, 11) is 4.11. The summed E-state index contributed by atoms with van der Waals surface area (Å²) in [4.78, 5) is 14.1. The molecule has 4 heteroatoms. The molecule has 0 aromatic heterocycles. The Morgan fingerprint density at radius 1 is 1.29 bits per heavy atom. The van der Waals surface area contributed by atoms with Gasteiger partial charge in [0.25, 0.3) is 0 Å². The van der Waals surface area contributed by atoms with Crippen molar-refractivity contribution in [3.63, 3.8) is 0 Å². The zero-order chi connectivity index (χ0) is 15.2. The fourth-order valence-electron chi connectivity index (χ4n) is 2.40. The molecule has 1 aliphatic carbocycles. The van der Waals surface area contributed by atoms with Crippen molar-refractivity contribution in [3.8, 4) is 0 Å². The molecule has 0 aliphatic heterocycles. The van der Waals surface area contributed by atoms with Gasteiger partial charge >= 0.3 is 0 Å². The van der Waals surface area contributed by atoms with Crippen LogP contribution in [0, 0.1) is 5.92 Å². The Morgan fingerprint density at radius 2 is 1.90 bits per heavy atom. The highest BCUT2D eigenvalue weighted by Gasteiger charge is 2.23. The molecule has 0 unspecified atom stereocenters. The molecular formula is C17H27N3O. The second kappa shape index (κ2) is 7.57. The molecule has 0 heterocycles. The fraction of sp³-hybridized carbons (Fsp3) is 0.588. The normalized spacial score (nSPS) is 16.0. The fourth-order valence-corrected chi connectivity index (χ4v) is 2.40. The maximum Gasteiger partial charge on any atom is 0.237 e. The first-order valence-electron chi connectivity index (χ1n) is 7.80. The number of carbonyl (C=O) groups excluding carboxylic acids is 1. The summed E-state index contributed by atoms with van der Waals surface area (Å²) in [6.45, 7) is 1.48. The third-order valence-corrected chi connectivity index (χ3v) is 3.91. The number of hydrogen-bond donors (Lipinski definition) is 2. The number of benzene rings is 1. The van der Waals surface area contributed by atoms with Crippen LogP contribution in [-0.2, 0) is 17.9 Å². The van der Waals surface area contributed by atoms with Crippen LogP contribution >= 0.6 is 0 Å². The Balaban J connectivity index is 1.72. The molecule has 0 spiro atoms. The van der Waals surface area contributed by atoms with E-state index in [2.05, 4.69) is 48.6 Å². The van der Waals surface area contributed by atoms with Crippen LogP contribution in [0.1, 0.15) is 36.8 Å². The van der Waals surface area contributed by atoms with E-state index in [1.807, 2.05) is 0 Å². The summed E-state index contributed by atoms with van der Waals surface area (Å²) in [5.41, 5.74) is 8.30. The Morgan fingerprint density at radius 3 is 2.48 bits per heavy atom. The van der Waals surface area contributed by atoms with Gasteiger partial charge in [0.15, 0.2) is 0 Å². The van der Waals surface area contributed by atoms with Crippen molar-refractivity contribution in [3.05, 3.63) is 35.4 Å².